The van der Waals surface area contributed by atoms with Gasteiger partial charge in [-0.15, -0.1) is 0 Å². The lowest BCUT2D eigenvalue weighted by atomic mass is 10.1. The maximum Gasteiger partial charge on any atom is 0.236 e. The van der Waals surface area contributed by atoms with E-state index in [0.29, 0.717) is 6.54 Å². The number of hydrogen-bond donors (Lipinski definition) is 1. The number of nitrogens with one attached hydrogen (secondary N) is 1. The molecule has 1 aromatic carbocycles. The first-order valence-corrected chi connectivity index (χ1v) is 6.54. The van der Waals surface area contributed by atoms with Crippen molar-refractivity contribution in [3.05, 3.63) is 29.6 Å². The highest BCUT2D eigenvalue weighted by molar-refractivity contribution is 5.78. The molecule has 5 heteroatoms. The fraction of sp³-hybridized carbons (Fsp3) is 0.533. The molecule has 0 unspecified atom stereocenters. The summed E-state index contributed by atoms with van der Waals surface area (Å²) in [5, 5.41) is 3.13. The van der Waals surface area contributed by atoms with E-state index in [4.69, 9.17) is 4.74 Å². The largest absolute Gasteiger partial charge is 0.494 e. The van der Waals surface area contributed by atoms with E-state index in [0.717, 1.165) is 5.56 Å². The molecule has 0 spiro atoms. The molecule has 1 rings (SSSR count). The average Bonchev–Trinajstić information content (AvgIpc) is 2.35. The molecule has 0 aliphatic heterocycles. The molecule has 0 radical (unpaired) electrons. The van der Waals surface area contributed by atoms with E-state index in [9.17, 15) is 9.18 Å². The average molecular weight is 282 g/mol. The van der Waals surface area contributed by atoms with Crippen LogP contribution in [0.4, 0.5) is 4.39 Å². The topological polar surface area (TPSA) is 41.6 Å². The van der Waals surface area contributed by atoms with E-state index in [1.807, 2.05) is 20.8 Å². The van der Waals surface area contributed by atoms with Crippen LogP contribution in [0.3, 0.4) is 0 Å². The van der Waals surface area contributed by atoms with Crippen LogP contribution in [0.1, 0.15) is 26.3 Å². The summed E-state index contributed by atoms with van der Waals surface area (Å²) >= 11 is 0. The number of likely N-dealkylation sites (N-methyl/N-ethyl adjacent to an activating group) is 1. The number of hydrogen-bond acceptors (Lipinski definition) is 3. The van der Waals surface area contributed by atoms with Crippen LogP contribution in [0.15, 0.2) is 18.2 Å². The van der Waals surface area contributed by atoms with Gasteiger partial charge in [0.15, 0.2) is 11.6 Å². The fourth-order valence-electron chi connectivity index (χ4n) is 1.65. The Morgan fingerprint density at radius 2 is 2.05 bits per heavy atom. The van der Waals surface area contributed by atoms with E-state index in [2.05, 4.69) is 5.32 Å². The van der Waals surface area contributed by atoms with Gasteiger partial charge in [0.2, 0.25) is 5.91 Å². The quantitative estimate of drug-likeness (QED) is 0.900. The molecule has 0 heterocycles. The Labute approximate surface area is 119 Å². The number of nitrogens with zero attached hydrogens (tertiary/aromatic N) is 1. The van der Waals surface area contributed by atoms with Gasteiger partial charge in [0.1, 0.15) is 0 Å². The summed E-state index contributed by atoms with van der Waals surface area (Å²) in [6.07, 6.45) is 0. The summed E-state index contributed by atoms with van der Waals surface area (Å²) in [5.74, 6) is -0.244. The Kier molecular flexibility index (Phi) is 5.51. The summed E-state index contributed by atoms with van der Waals surface area (Å²) in [6, 6.07) is 4.71. The number of rotatable bonds is 5. The lowest BCUT2D eigenvalue weighted by molar-refractivity contribution is -0.129. The zero-order chi connectivity index (χ0) is 15.3. The van der Waals surface area contributed by atoms with Crippen LogP contribution in [0, 0.1) is 5.82 Å². The standard InChI is InChI=1S/C15H23FN2O2/c1-15(2,3)17-9-14(19)18(4)10-11-6-7-13(20-5)12(16)8-11/h6-8,17H,9-10H2,1-5H3. The molecule has 20 heavy (non-hydrogen) atoms. The minimum atomic E-state index is -0.418. The number of ether oxygens (including phenoxy) is 1. The predicted octanol–water partition coefficient (Wildman–Crippen LogP) is 2.18. The van der Waals surface area contributed by atoms with Gasteiger partial charge >= 0.3 is 0 Å². The highest BCUT2D eigenvalue weighted by Crippen LogP contribution is 2.18. The van der Waals surface area contributed by atoms with Crippen molar-refractivity contribution in [2.24, 2.45) is 0 Å². The van der Waals surface area contributed by atoms with Gasteiger partial charge in [-0.2, -0.15) is 0 Å². The van der Waals surface area contributed by atoms with Crippen molar-refractivity contribution in [1.29, 1.82) is 0 Å². The van der Waals surface area contributed by atoms with Gasteiger partial charge in [-0.25, -0.2) is 4.39 Å². The number of methoxy groups -OCH3 is 1. The zero-order valence-corrected chi connectivity index (χ0v) is 12.8. The Bertz CT molecular complexity index is 469. The minimum absolute atomic E-state index is 0.0313. The molecule has 0 saturated carbocycles. The van der Waals surface area contributed by atoms with Crippen LogP contribution in [-0.4, -0.2) is 37.0 Å². The Morgan fingerprint density at radius 3 is 2.55 bits per heavy atom. The molecule has 0 aliphatic rings. The third-order valence-electron chi connectivity index (χ3n) is 2.83. The van der Waals surface area contributed by atoms with Gasteiger partial charge in [-0.3, -0.25) is 4.79 Å². The number of halogens is 1. The van der Waals surface area contributed by atoms with Crippen LogP contribution in [0.5, 0.6) is 5.75 Å². The zero-order valence-electron chi connectivity index (χ0n) is 12.8. The molecular weight excluding hydrogens is 259 g/mol. The number of carbonyl (C=O) groups excluding carboxylic acids is 1. The first-order valence-electron chi connectivity index (χ1n) is 6.54. The molecule has 112 valence electrons. The molecule has 4 nitrogen and oxygen atoms in total. The summed E-state index contributed by atoms with van der Waals surface area (Å²) in [4.78, 5) is 13.5. The van der Waals surface area contributed by atoms with E-state index in [1.54, 1.807) is 24.1 Å². The Balaban J connectivity index is 2.59. The highest BCUT2D eigenvalue weighted by atomic mass is 19.1. The molecule has 0 aliphatic carbocycles. The van der Waals surface area contributed by atoms with Crippen LogP contribution in [0.2, 0.25) is 0 Å². The van der Waals surface area contributed by atoms with Crippen molar-refractivity contribution in [2.75, 3.05) is 20.7 Å². The third kappa shape index (κ3) is 5.17. The minimum Gasteiger partial charge on any atom is -0.494 e. The van der Waals surface area contributed by atoms with Gasteiger partial charge in [-0.1, -0.05) is 6.07 Å². The summed E-state index contributed by atoms with van der Waals surface area (Å²) < 4.78 is 18.4. The summed E-state index contributed by atoms with van der Waals surface area (Å²) in [5.41, 5.74) is 0.623. The molecule has 0 saturated heterocycles. The van der Waals surface area contributed by atoms with Crippen LogP contribution >= 0.6 is 0 Å². The monoisotopic (exact) mass is 282 g/mol. The number of benzene rings is 1. The molecule has 0 atom stereocenters. The van der Waals surface area contributed by atoms with Gasteiger partial charge in [0.25, 0.3) is 0 Å². The SMILES string of the molecule is COc1ccc(CN(C)C(=O)CNC(C)(C)C)cc1F. The first-order chi connectivity index (χ1) is 9.23. The molecule has 1 amide bonds. The lowest BCUT2D eigenvalue weighted by Crippen LogP contribution is -2.43. The van der Waals surface area contributed by atoms with Crippen molar-refractivity contribution in [3.8, 4) is 5.75 Å². The van der Waals surface area contributed by atoms with Crippen molar-refractivity contribution < 1.29 is 13.9 Å². The van der Waals surface area contributed by atoms with Crippen molar-refractivity contribution in [1.82, 2.24) is 10.2 Å². The molecule has 1 aromatic rings. The van der Waals surface area contributed by atoms with E-state index in [-0.39, 0.29) is 23.7 Å². The van der Waals surface area contributed by atoms with E-state index < -0.39 is 5.82 Å². The molecule has 0 aromatic heterocycles. The highest BCUT2D eigenvalue weighted by Gasteiger charge is 2.15. The fourth-order valence-corrected chi connectivity index (χ4v) is 1.65. The first kappa shape index (κ1) is 16.4. The van der Waals surface area contributed by atoms with Crippen LogP contribution < -0.4 is 10.1 Å². The second-order valence-corrected chi connectivity index (χ2v) is 5.82. The smallest absolute Gasteiger partial charge is 0.236 e. The van der Waals surface area contributed by atoms with E-state index >= 15 is 0 Å². The second kappa shape index (κ2) is 6.70. The molecular formula is C15H23FN2O2. The molecule has 0 bridgehead atoms. The van der Waals surface area contributed by atoms with Crippen molar-refractivity contribution in [2.45, 2.75) is 32.9 Å². The Hall–Kier alpha value is -1.62. The third-order valence-corrected chi connectivity index (χ3v) is 2.83. The second-order valence-electron chi connectivity index (χ2n) is 5.82. The lowest BCUT2D eigenvalue weighted by Gasteiger charge is -2.23. The predicted molar refractivity (Wildman–Crippen MR) is 77.2 cm³/mol. The van der Waals surface area contributed by atoms with Crippen molar-refractivity contribution >= 4 is 5.91 Å². The molecule has 0 fully saturated rings. The number of amides is 1. The Morgan fingerprint density at radius 1 is 1.40 bits per heavy atom. The van der Waals surface area contributed by atoms with Gasteiger partial charge < -0.3 is 15.0 Å². The molecule has 1 N–H and O–H groups in total. The maximum atomic E-state index is 13.6. The maximum absolute atomic E-state index is 13.6. The van der Waals surface area contributed by atoms with Crippen LogP contribution in [-0.2, 0) is 11.3 Å². The number of carbonyl (C=O) groups is 1. The van der Waals surface area contributed by atoms with E-state index in [1.165, 1.54) is 13.2 Å². The normalized spacial score (nSPS) is 11.3. The summed E-state index contributed by atoms with van der Waals surface area (Å²) in [7, 11) is 3.13. The van der Waals surface area contributed by atoms with Crippen LogP contribution in [0.25, 0.3) is 0 Å². The summed E-state index contributed by atoms with van der Waals surface area (Å²) in [6.45, 7) is 6.63. The van der Waals surface area contributed by atoms with Gasteiger partial charge in [0.05, 0.1) is 13.7 Å². The van der Waals surface area contributed by atoms with Crippen molar-refractivity contribution in [3.63, 3.8) is 0 Å². The van der Waals surface area contributed by atoms with Gasteiger partial charge in [-0.05, 0) is 38.5 Å². The van der Waals surface area contributed by atoms with Gasteiger partial charge in [0, 0.05) is 19.1 Å².